The topological polar surface area (TPSA) is 17.8 Å². The van der Waals surface area contributed by atoms with Crippen molar-refractivity contribution in [2.75, 3.05) is 0 Å². The molecule has 0 aliphatic heterocycles. The Balaban J connectivity index is 2.17. The summed E-state index contributed by atoms with van der Waals surface area (Å²) >= 11 is 0. The number of hydrogen-bond acceptors (Lipinski definition) is 1. The van der Waals surface area contributed by atoms with Crippen molar-refractivity contribution in [3.05, 3.63) is 30.0 Å². The molecule has 0 amide bonds. The van der Waals surface area contributed by atoms with E-state index in [1.807, 2.05) is 17.9 Å². The first kappa shape index (κ1) is 8.96. The highest BCUT2D eigenvalue weighted by Crippen LogP contribution is 2.37. The molecule has 1 fully saturated rings. The van der Waals surface area contributed by atoms with Gasteiger partial charge in [-0.2, -0.15) is 5.10 Å². The molecule has 78 valence electrons. The Morgan fingerprint density at radius 1 is 1.27 bits per heavy atom. The second-order valence-electron chi connectivity index (χ2n) is 4.53. The molecule has 15 heavy (non-hydrogen) atoms. The van der Waals surface area contributed by atoms with Crippen LogP contribution in [-0.4, -0.2) is 9.78 Å². The lowest BCUT2D eigenvalue weighted by Gasteiger charge is -2.10. The maximum atomic E-state index is 4.34. The Hall–Kier alpha value is -1.31. The molecular weight excluding hydrogens is 184 g/mol. The van der Waals surface area contributed by atoms with E-state index in [1.54, 1.807) is 0 Å². The van der Waals surface area contributed by atoms with Crippen molar-refractivity contribution >= 4 is 10.9 Å². The van der Waals surface area contributed by atoms with E-state index in [4.69, 9.17) is 0 Å². The van der Waals surface area contributed by atoms with Gasteiger partial charge in [0.05, 0.1) is 11.7 Å². The van der Waals surface area contributed by atoms with Gasteiger partial charge in [0.2, 0.25) is 0 Å². The lowest BCUT2D eigenvalue weighted by Crippen LogP contribution is -1.93. The zero-order chi connectivity index (χ0) is 10.3. The molecule has 1 aromatic carbocycles. The minimum absolute atomic E-state index is 0.776. The van der Waals surface area contributed by atoms with Gasteiger partial charge in [0.25, 0.3) is 0 Å². The summed E-state index contributed by atoms with van der Waals surface area (Å²) in [5.74, 6) is 0.776. The predicted molar refractivity (Wildman–Crippen MR) is 61.9 cm³/mol. The highest BCUT2D eigenvalue weighted by Gasteiger charge is 2.19. The van der Waals surface area contributed by atoms with Crippen LogP contribution in [0.4, 0.5) is 0 Å². The van der Waals surface area contributed by atoms with Crippen LogP contribution in [0.3, 0.4) is 0 Å². The molecule has 1 saturated carbocycles. The van der Waals surface area contributed by atoms with Crippen molar-refractivity contribution in [1.29, 1.82) is 0 Å². The predicted octanol–water partition coefficient (Wildman–Crippen LogP) is 3.23. The molecule has 3 rings (SSSR count). The van der Waals surface area contributed by atoms with Gasteiger partial charge in [0.1, 0.15) is 0 Å². The molecule has 2 aromatic rings. The van der Waals surface area contributed by atoms with Gasteiger partial charge in [-0.3, -0.25) is 4.68 Å². The van der Waals surface area contributed by atoms with E-state index in [-0.39, 0.29) is 0 Å². The summed E-state index contributed by atoms with van der Waals surface area (Å²) in [5.41, 5.74) is 2.78. The first-order chi connectivity index (χ1) is 7.36. The van der Waals surface area contributed by atoms with Crippen molar-refractivity contribution in [2.24, 2.45) is 7.05 Å². The van der Waals surface area contributed by atoms with Crippen LogP contribution in [0.2, 0.25) is 0 Å². The van der Waals surface area contributed by atoms with Crippen molar-refractivity contribution in [1.82, 2.24) is 9.78 Å². The fourth-order valence-electron chi connectivity index (χ4n) is 2.79. The molecule has 1 aromatic heterocycles. The largest absolute Gasteiger partial charge is 0.268 e. The van der Waals surface area contributed by atoms with Crippen LogP contribution < -0.4 is 0 Å². The molecule has 0 N–H and O–H groups in total. The molecule has 0 bridgehead atoms. The van der Waals surface area contributed by atoms with Crippen molar-refractivity contribution < 1.29 is 0 Å². The molecule has 0 spiro atoms. The molecule has 2 nitrogen and oxygen atoms in total. The van der Waals surface area contributed by atoms with Crippen molar-refractivity contribution in [3.8, 4) is 0 Å². The van der Waals surface area contributed by atoms with Crippen LogP contribution in [0.25, 0.3) is 10.9 Å². The quantitative estimate of drug-likeness (QED) is 0.691. The van der Waals surface area contributed by atoms with Crippen LogP contribution in [0.15, 0.2) is 24.4 Å². The van der Waals surface area contributed by atoms with Gasteiger partial charge < -0.3 is 0 Å². The minimum atomic E-state index is 0.776. The fourth-order valence-corrected chi connectivity index (χ4v) is 2.79. The molecule has 0 unspecified atom stereocenters. The summed E-state index contributed by atoms with van der Waals surface area (Å²) in [7, 11) is 2.01. The van der Waals surface area contributed by atoms with E-state index in [1.165, 1.54) is 42.1 Å². The second kappa shape index (κ2) is 3.37. The van der Waals surface area contributed by atoms with Gasteiger partial charge in [-0.15, -0.1) is 0 Å². The maximum absolute atomic E-state index is 4.34. The van der Waals surface area contributed by atoms with Gasteiger partial charge >= 0.3 is 0 Å². The van der Waals surface area contributed by atoms with Gasteiger partial charge in [-0.25, -0.2) is 0 Å². The number of aromatic nitrogens is 2. The molecule has 1 aliphatic carbocycles. The lowest BCUT2D eigenvalue weighted by molar-refractivity contribution is 0.729. The third kappa shape index (κ3) is 1.36. The standard InChI is InChI=1S/C13H16N2/c1-15-13-8-4-7-11(12(13)9-14-15)10-5-2-3-6-10/h4,7-10H,2-3,5-6H2,1H3. The third-order valence-electron chi connectivity index (χ3n) is 3.62. The lowest BCUT2D eigenvalue weighted by atomic mass is 9.95. The Bertz CT molecular complexity index is 478. The van der Waals surface area contributed by atoms with E-state index < -0.39 is 0 Å². The average Bonchev–Trinajstić information content (AvgIpc) is 2.88. The second-order valence-corrected chi connectivity index (χ2v) is 4.53. The summed E-state index contributed by atoms with van der Waals surface area (Å²) in [6, 6.07) is 6.60. The highest BCUT2D eigenvalue weighted by molar-refractivity contribution is 5.82. The van der Waals surface area contributed by atoms with Gasteiger partial charge in [-0.1, -0.05) is 25.0 Å². The van der Waals surface area contributed by atoms with Gasteiger partial charge in [-0.05, 0) is 30.4 Å². The van der Waals surface area contributed by atoms with Crippen LogP contribution >= 0.6 is 0 Å². The zero-order valence-corrected chi connectivity index (χ0v) is 9.11. The van der Waals surface area contributed by atoms with Crippen LogP contribution in [0.5, 0.6) is 0 Å². The molecule has 2 heteroatoms. The fraction of sp³-hybridized carbons (Fsp3) is 0.462. The SMILES string of the molecule is Cn1ncc2c(C3CCCC3)cccc21. The molecular formula is C13H16N2. The third-order valence-corrected chi connectivity index (χ3v) is 3.62. The normalized spacial score (nSPS) is 17.7. The van der Waals surface area contributed by atoms with Crippen molar-refractivity contribution in [3.63, 3.8) is 0 Å². The van der Waals surface area contributed by atoms with Crippen LogP contribution in [0, 0.1) is 0 Å². The molecule has 0 atom stereocenters. The number of rotatable bonds is 1. The molecule has 0 radical (unpaired) electrons. The van der Waals surface area contributed by atoms with Crippen LogP contribution in [0.1, 0.15) is 37.2 Å². The average molecular weight is 200 g/mol. The van der Waals surface area contributed by atoms with E-state index in [0.29, 0.717) is 0 Å². The van der Waals surface area contributed by atoms with Gasteiger partial charge in [0, 0.05) is 12.4 Å². The molecule has 1 heterocycles. The summed E-state index contributed by atoms with van der Waals surface area (Å²) < 4.78 is 1.97. The smallest absolute Gasteiger partial charge is 0.0681 e. The molecule has 1 aliphatic rings. The Morgan fingerprint density at radius 2 is 2.07 bits per heavy atom. The Kier molecular flexibility index (Phi) is 2.01. The van der Waals surface area contributed by atoms with E-state index in [2.05, 4.69) is 23.3 Å². The van der Waals surface area contributed by atoms with Crippen molar-refractivity contribution in [2.45, 2.75) is 31.6 Å². The number of hydrogen-bond donors (Lipinski definition) is 0. The summed E-state index contributed by atoms with van der Waals surface area (Å²) in [6.45, 7) is 0. The number of nitrogens with zero attached hydrogens (tertiary/aromatic N) is 2. The highest BCUT2D eigenvalue weighted by atomic mass is 15.2. The number of benzene rings is 1. The Morgan fingerprint density at radius 3 is 2.87 bits per heavy atom. The molecule has 0 saturated heterocycles. The first-order valence-electron chi connectivity index (χ1n) is 5.77. The van der Waals surface area contributed by atoms with E-state index in [0.717, 1.165) is 5.92 Å². The van der Waals surface area contributed by atoms with Gasteiger partial charge in [0.15, 0.2) is 0 Å². The minimum Gasteiger partial charge on any atom is -0.268 e. The first-order valence-corrected chi connectivity index (χ1v) is 5.77. The van der Waals surface area contributed by atoms with E-state index >= 15 is 0 Å². The Labute approximate surface area is 89.9 Å². The summed E-state index contributed by atoms with van der Waals surface area (Å²) in [4.78, 5) is 0. The summed E-state index contributed by atoms with van der Waals surface area (Å²) in [5, 5.41) is 5.70. The zero-order valence-electron chi connectivity index (χ0n) is 9.11. The maximum Gasteiger partial charge on any atom is 0.0681 e. The van der Waals surface area contributed by atoms with E-state index in [9.17, 15) is 0 Å². The summed E-state index contributed by atoms with van der Waals surface area (Å²) in [6.07, 6.45) is 7.51. The monoisotopic (exact) mass is 200 g/mol. The number of aryl methyl sites for hydroxylation is 1. The number of fused-ring (bicyclic) bond motifs is 1. The van der Waals surface area contributed by atoms with Crippen LogP contribution in [-0.2, 0) is 7.05 Å².